The average Bonchev–Trinajstić information content (AvgIpc) is 2.49. The van der Waals surface area contributed by atoms with Crippen molar-refractivity contribution in [2.45, 2.75) is 27.3 Å². The van der Waals surface area contributed by atoms with Crippen LogP contribution in [0.1, 0.15) is 25.6 Å². The van der Waals surface area contributed by atoms with Crippen molar-refractivity contribution in [3.05, 3.63) is 17.0 Å². The summed E-state index contributed by atoms with van der Waals surface area (Å²) >= 11 is 1.41. The molecule has 0 aliphatic carbocycles. The fourth-order valence-electron chi connectivity index (χ4n) is 1.18. The zero-order chi connectivity index (χ0) is 12.2. The molecule has 90 valence electrons. The van der Waals surface area contributed by atoms with Gasteiger partial charge < -0.3 is 20.0 Å². The van der Waals surface area contributed by atoms with Gasteiger partial charge in [-0.15, -0.1) is 11.3 Å². The molecule has 0 saturated heterocycles. The lowest BCUT2D eigenvalue weighted by Gasteiger charge is -2.18. The average molecular weight is 243 g/mol. The maximum atomic E-state index is 8.62. The second kappa shape index (κ2) is 5.68. The van der Waals surface area contributed by atoms with E-state index in [-0.39, 0.29) is 5.41 Å². The predicted molar refractivity (Wildman–Crippen MR) is 66.3 cm³/mol. The van der Waals surface area contributed by atoms with Crippen LogP contribution in [0, 0.1) is 5.41 Å². The zero-order valence-corrected chi connectivity index (χ0v) is 10.7. The van der Waals surface area contributed by atoms with Gasteiger partial charge in [-0.2, -0.15) is 0 Å². The van der Waals surface area contributed by atoms with Crippen LogP contribution < -0.4 is 9.97 Å². The fraction of sp³-hybridized carbons (Fsp3) is 0.600. The normalized spacial score (nSPS) is 11.6. The Morgan fingerprint density at radius 1 is 1.38 bits per heavy atom. The molecule has 0 spiro atoms. The first-order chi connectivity index (χ1) is 7.37. The van der Waals surface area contributed by atoms with E-state index in [0.29, 0.717) is 5.06 Å². The number of hydrogen-bond donors (Lipinski definition) is 3. The molecule has 6 heteroatoms. The van der Waals surface area contributed by atoms with Gasteiger partial charge in [0.1, 0.15) is 0 Å². The molecular weight excluding hydrogens is 225 g/mol. The molecule has 16 heavy (non-hydrogen) atoms. The number of hydrogen-bond acceptors (Lipinski definition) is 5. The highest BCUT2D eigenvalue weighted by atomic mass is 32.1. The molecule has 1 heterocycles. The summed E-state index contributed by atoms with van der Waals surface area (Å²) in [5, 5.41) is 21.1. The van der Waals surface area contributed by atoms with Crippen molar-refractivity contribution >= 4 is 18.7 Å². The Bertz CT molecular complexity index is 322. The second-order valence-electron chi connectivity index (χ2n) is 4.83. The smallest absolute Gasteiger partial charge is 0.504 e. The molecule has 4 nitrogen and oxygen atoms in total. The SMILES string of the molecule is CC(C)(C)CNCc1ccc(OB(O)O)s1. The summed E-state index contributed by atoms with van der Waals surface area (Å²) < 4.78 is 4.74. The summed E-state index contributed by atoms with van der Waals surface area (Å²) in [4.78, 5) is 1.11. The molecule has 1 rings (SSSR count). The number of thiophene rings is 1. The van der Waals surface area contributed by atoms with Crippen molar-refractivity contribution < 1.29 is 14.7 Å². The largest absolute Gasteiger partial charge is 0.708 e. The van der Waals surface area contributed by atoms with Crippen LogP contribution in [0.3, 0.4) is 0 Å². The predicted octanol–water partition coefficient (Wildman–Crippen LogP) is 1.23. The van der Waals surface area contributed by atoms with Gasteiger partial charge >= 0.3 is 7.32 Å². The van der Waals surface area contributed by atoms with Crippen LogP contribution in [0.4, 0.5) is 0 Å². The van der Waals surface area contributed by atoms with Crippen LogP contribution >= 0.6 is 11.3 Å². The molecule has 0 bridgehead atoms. The first-order valence-electron chi connectivity index (χ1n) is 5.19. The minimum atomic E-state index is -1.74. The topological polar surface area (TPSA) is 61.7 Å². The van der Waals surface area contributed by atoms with Crippen molar-refractivity contribution in [3.63, 3.8) is 0 Å². The molecule has 1 aromatic heterocycles. The lowest BCUT2D eigenvalue weighted by atomic mass is 9.97. The van der Waals surface area contributed by atoms with Crippen molar-refractivity contribution in [2.24, 2.45) is 5.41 Å². The quantitative estimate of drug-likeness (QED) is 0.681. The highest BCUT2D eigenvalue weighted by Crippen LogP contribution is 2.24. The molecule has 0 amide bonds. The molecular formula is C10H18BNO3S. The Morgan fingerprint density at radius 2 is 2.06 bits per heavy atom. The highest BCUT2D eigenvalue weighted by molar-refractivity contribution is 7.14. The molecule has 0 fully saturated rings. The molecule has 0 aliphatic heterocycles. The lowest BCUT2D eigenvalue weighted by molar-refractivity contribution is 0.292. The van der Waals surface area contributed by atoms with Crippen LogP contribution in [-0.2, 0) is 6.54 Å². The third-order valence-corrected chi connectivity index (χ3v) is 2.79. The molecule has 3 N–H and O–H groups in total. The molecule has 0 atom stereocenters. The van der Waals surface area contributed by atoms with Gasteiger partial charge in [-0.05, 0) is 17.5 Å². The summed E-state index contributed by atoms with van der Waals surface area (Å²) in [6.45, 7) is 8.22. The fourth-order valence-corrected chi connectivity index (χ4v) is 2.02. The minimum Gasteiger partial charge on any atom is -0.504 e. The van der Waals surface area contributed by atoms with Gasteiger partial charge in [-0.25, -0.2) is 0 Å². The van der Waals surface area contributed by atoms with E-state index in [2.05, 4.69) is 26.1 Å². The van der Waals surface area contributed by atoms with E-state index in [1.165, 1.54) is 11.3 Å². The van der Waals surface area contributed by atoms with Gasteiger partial charge in [0.05, 0.1) is 0 Å². The zero-order valence-electron chi connectivity index (χ0n) is 9.86. The van der Waals surface area contributed by atoms with Crippen LogP contribution in [-0.4, -0.2) is 23.9 Å². The Labute approximate surface area is 100 Å². The van der Waals surface area contributed by atoms with Crippen molar-refractivity contribution in [1.29, 1.82) is 0 Å². The first-order valence-corrected chi connectivity index (χ1v) is 6.01. The Kier molecular flexibility index (Phi) is 4.79. The van der Waals surface area contributed by atoms with Gasteiger partial charge in [0.15, 0.2) is 5.06 Å². The van der Waals surface area contributed by atoms with Crippen LogP contribution in [0.2, 0.25) is 0 Å². The van der Waals surface area contributed by atoms with E-state index in [1.807, 2.05) is 6.07 Å². The van der Waals surface area contributed by atoms with E-state index in [0.717, 1.165) is 18.0 Å². The summed E-state index contributed by atoms with van der Waals surface area (Å²) in [5.74, 6) is 0. The molecule has 0 aliphatic rings. The second-order valence-corrected chi connectivity index (χ2v) is 5.96. The van der Waals surface area contributed by atoms with Gasteiger partial charge in [0, 0.05) is 18.0 Å². The Morgan fingerprint density at radius 3 is 2.62 bits per heavy atom. The van der Waals surface area contributed by atoms with E-state index in [4.69, 9.17) is 14.7 Å². The standard InChI is InChI=1S/C10H18BNO3S/c1-10(2,3)7-12-6-8-4-5-9(16-8)15-11(13)14/h4-5,12-14H,6-7H2,1-3H3. The van der Waals surface area contributed by atoms with E-state index < -0.39 is 7.32 Å². The first kappa shape index (κ1) is 13.5. The lowest BCUT2D eigenvalue weighted by Crippen LogP contribution is -2.26. The molecule has 0 radical (unpaired) electrons. The third-order valence-electron chi connectivity index (χ3n) is 1.81. The number of rotatable bonds is 5. The summed E-state index contributed by atoms with van der Waals surface area (Å²) in [6, 6.07) is 3.65. The van der Waals surface area contributed by atoms with Gasteiger partial charge in [0.25, 0.3) is 0 Å². The van der Waals surface area contributed by atoms with E-state index >= 15 is 0 Å². The Hall–Kier alpha value is -0.555. The molecule has 1 aromatic rings. The maximum absolute atomic E-state index is 8.62. The highest BCUT2D eigenvalue weighted by Gasteiger charge is 2.13. The molecule has 0 unspecified atom stereocenters. The van der Waals surface area contributed by atoms with Crippen LogP contribution in [0.5, 0.6) is 5.06 Å². The van der Waals surface area contributed by atoms with Gasteiger partial charge in [-0.1, -0.05) is 20.8 Å². The summed E-state index contributed by atoms with van der Waals surface area (Å²) in [6.07, 6.45) is 0. The summed E-state index contributed by atoms with van der Waals surface area (Å²) in [5.41, 5.74) is 0.262. The minimum absolute atomic E-state index is 0.262. The Balaban J connectivity index is 2.35. The number of nitrogens with one attached hydrogen (secondary N) is 1. The molecule has 0 aromatic carbocycles. The summed E-state index contributed by atoms with van der Waals surface area (Å²) in [7, 11) is -1.74. The maximum Gasteiger partial charge on any atom is 0.708 e. The van der Waals surface area contributed by atoms with E-state index in [1.54, 1.807) is 6.07 Å². The van der Waals surface area contributed by atoms with Crippen molar-refractivity contribution in [3.8, 4) is 5.06 Å². The molecule has 0 saturated carbocycles. The van der Waals surface area contributed by atoms with Gasteiger partial charge in [0.2, 0.25) is 0 Å². The van der Waals surface area contributed by atoms with Gasteiger partial charge in [-0.3, -0.25) is 0 Å². The monoisotopic (exact) mass is 243 g/mol. The van der Waals surface area contributed by atoms with Crippen LogP contribution in [0.25, 0.3) is 0 Å². The van der Waals surface area contributed by atoms with Crippen LogP contribution in [0.15, 0.2) is 12.1 Å². The third kappa shape index (κ3) is 5.51. The van der Waals surface area contributed by atoms with Crippen molar-refractivity contribution in [1.82, 2.24) is 5.32 Å². The van der Waals surface area contributed by atoms with E-state index in [9.17, 15) is 0 Å². The van der Waals surface area contributed by atoms with Crippen molar-refractivity contribution in [2.75, 3.05) is 6.54 Å².